The number of aromatic nitrogens is 4. The van der Waals surface area contributed by atoms with Crippen LogP contribution in [0, 0.1) is 5.82 Å². The van der Waals surface area contributed by atoms with Crippen molar-refractivity contribution in [3.63, 3.8) is 0 Å². The lowest BCUT2D eigenvalue weighted by Crippen LogP contribution is -2.31. The van der Waals surface area contributed by atoms with Crippen molar-refractivity contribution in [2.24, 2.45) is 7.05 Å². The minimum atomic E-state index is -2.80. The minimum absolute atomic E-state index is 0.0715. The molecule has 0 atom stereocenters. The number of amides is 1. The Morgan fingerprint density at radius 2 is 2.06 bits per heavy atom. The number of fused-ring (bicyclic) bond motifs is 1. The molecule has 11 heteroatoms. The highest BCUT2D eigenvalue weighted by Crippen LogP contribution is 2.38. The fraction of sp³-hybridized carbons (Fsp3) is 0.435. The van der Waals surface area contributed by atoms with E-state index in [0.29, 0.717) is 30.9 Å². The quantitative estimate of drug-likeness (QED) is 0.508. The molecule has 0 bridgehead atoms. The van der Waals surface area contributed by atoms with Gasteiger partial charge < -0.3 is 10.2 Å². The zero-order valence-corrected chi connectivity index (χ0v) is 19.5. The first-order valence-corrected chi connectivity index (χ1v) is 12.3. The van der Waals surface area contributed by atoms with Crippen molar-refractivity contribution in [3.05, 3.63) is 47.2 Å². The molecule has 0 unspecified atom stereocenters. The number of anilines is 2. The van der Waals surface area contributed by atoms with Crippen LogP contribution in [0.2, 0.25) is 0 Å². The smallest absolute Gasteiger partial charge is 0.264 e. The number of carbonyl (C=O) groups excluding carboxylic acids is 1. The van der Waals surface area contributed by atoms with Crippen LogP contribution in [-0.4, -0.2) is 48.9 Å². The Kier molecular flexibility index (Phi) is 6.28. The largest absolute Gasteiger partial charge is 0.340 e. The van der Waals surface area contributed by atoms with Crippen LogP contribution >= 0.6 is 11.8 Å². The molecule has 0 saturated carbocycles. The van der Waals surface area contributed by atoms with E-state index in [4.69, 9.17) is 5.10 Å². The van der Waals surface area contributed by atoms with Crippen molar-refractivity contribution in [3.8, 4) is 11.1 Å². The highest BCUT2D eigenvalue weighted by molar-refractivity contribution is 7.99. The van der Waals surface area contributed by atoms with Gasteiger partial charge in [-0.1, -0.05) is 0 Å². The molecule has 1 fully saturated rings. The van der Waals surface area contributed by atoms with Crippen molar-refractivity contribution in [2.75, 3.05) is 23.4 Å². The van der Waals surface area contributed by atoms with E-state index in [-0.39, 0.29) is 22.9 Å². The lowest BCUT2D eigenvalue weighted by molar-refractivity contribution is -0.118. The molecule has 0 aliphatic carbocycles. The highest BCUT2D eigenvalue weighted by Gasteiger charge is 2.29. The van der Waals surface area contributed by atoms with Gasteiger partial charge in [0.05, 0.1) is 24.5 Å². The van der Waals surface area contributed by atoms with E-state index in [1.807, 2.05) is 16.4 Å². The zero-order valence-electron chi connectivity index (χ0n) is 18.7. The Morgan fingerprint density at radius 1 is 1.26 bits per heavy atom. The number of nitrogens with zero attached hydrogens (tertiary/aromatic N) is 5. The molecule has 34 heavy (non-hydrogen) atoms. The summed E-state index contributed by atoms with van der Waals surface area (Å²) in [5.74, 6) is 1.84. The molecule has 7 nitrogen and oxygen atoms in total. The number of carbonyl (C=O) groups is 1. The van der Waals surface area contributed by atoms with Crippen LogP contribution in [0.3, 0.4) is 0 Å². The molecule has 0 radical (unpaired) electrons. The first kappa shape index (κ1) is 22.8. The lowest BCUT2D eigenvalue weighted by Gasteiger charge is -2.27. The Bertz CT molecular complexity index is 1200. The third kappa shape index (κ3) is 4.28. The summed E-state index contributed by atoms with van der Waals surface area (Å²) >= 11 is 1.91. The van der Waals surface area contributed by atoms with E-state index in [2.05, 4.69) is 10.4 Å². The molecule has 2 aliphatic rings. The van der Waals surface area contributed by atoms with Crippen molar-refractivity contribution < 1.29 is 18.0 Å². The van der Waals surface area contributed by atoms with Gasteiger partial charge in [-0.15, -0.1) is 0 Å². The summed E-state index contributed by atoms with van der Waals surface area (Å²) in [5, 5.41) is 11.8. The Morgan fingerprint density at radius 3 is 2.74 bits per heavy atom. The molecular weight excluding hydrogens is 465 g/mol. The molecule has 3 aromatic rings. The number of benzene rings is 1. The summed E-state index contributed by atoms with van der Waals surface area (Å²) < 4.78 is 46.5. The monoisotopic (exact) mass is 490 g/mol. The highest BCUT2D eigenvalue weighted by atomic mass is 32.2. The number of nitrogens with one attached hydrogen (secondary N) is 1. The van der Waals surface area contributed by atoms with Crippen molar-refractivity contribution >= 4 is 29.7 Å². The van der Waals surface area contributed by atoms with Crippen LogP contribution in [0.1, 0.15) is 42.1 Å². The van der Waals surface area contributed by atoms with Gasteiger partial charge in [-0.2, -0.15) is 22.0 Å². The number of aryl methyl sites for hydroxylation is 1. The zero-order chi connectivity index (χ0) is 23.8. The van der Waals surface area contributed by atoms with Gasteiger partial charge in [0, 0.05) is 48.6 Å². The molecule has 1 saturated heterocycles. The Balaban J connectivity index is 1.54. The van der Waals surface area contributed by atoms with Crippen LogP contribution in [-0.2, 0) is 24.8 Å². The number of thioether (sulfide) groups is 1. The van der Waals surface area contributed by atoms with Gasteiger partial charge in [0.2, 0.25) is 6.41 Å². The van der Waals surface area contributed by atoms with Crippen molar-refractivity contribution in [2.45, 2.75) is 38.3 Å². The molecule has 0 spiro atoms. The second-order valence-electron chi connectivity index (χ2n) is 8.64. The van der Waals surface area contributed by atoms with E-state index in [1.165, 1.54) is 10.9 Å². The molecule has 4 heterocycles. The maximum Gasteiger partial charge on any atom is 0.264 e. The fourth-order valence-corrected chi connectivity index (χ4v) is 5.77. The third-order valence-corrected chi connectivity index (χ3v) is 7.49. The second kappa shape index (κ2) is 9.36. The first-order chi connectivity index (χ1) is 16.4. The number of alkyl halides is 2. The van der Waals surface area contributed by atoms with E-state index < -0.39 is 12.2 Å². The van der Waals surface area contributed by atoms with Gasteiger partial charge in [0.25, 0.3) is 6.43 Å². The van der Waals surface area contributed by atoms with E-state index in [1.54, 1.807) is 18.1 Å². The van der Waals surface area contributed by atoms with Crippen molar-refractivity contribution in [1.82, 2.24) is 24.5 Å². The summed E-state index contributed by atoms with van der Waals surface area (Å²) in [6.45, 7) is 0.937. The fourth-order valence-electron chi connectivity index (χ4n) is 4.69. The van der Waals surface area contributed by atoms with E-state index in [0.717, 1.165) is 54.1 Å². The average Bonchev–Trinajstić information content (AvgIpc) is 3.43. The molecule has 2 aromatic heterocycles. The molecule has 2 aliphatic heterocycles. The first-order valence-electron chi connectivity index (χ1n) is 11.2. The Hall–Kier alpha value is -2.95. The Labute approximate surface area is 199 Å². The molecule has 1 aromatic carbocycles. The SMILES string of the molecule is Cn1cc(-c2cc(F)c(Nc3nn(C4CCSCC4)c4c3CN(C=O)CC4)cc2C(F)F)cn1. The van der Waals surface area contributed by atoms with Gasteiger partial charge in [-0.3, -0.25) is 14.2 Å². The normalized spacial score (nSPS) is 16.7. The van der Waals surface area contributed by atoms with Crippen LogP contribution in [0.4, 0.5) is 24.7 Å². The molecular formula is C23H25F3N6OS. The van der Waals surface area contributed by atoms with Crippen LogP contribution in [0.5, 0.6) is 0 Å². The molecule has 1 N–H and O–H groups in total. The predicted molar refractivity (Wildman–Crippen MR) is 125 cm³/mol. The summed E-state index contributed by atoms with van der Waals surface area (Å²) in [4.78, 5) is 13.1. The van der Waals surface area contributed by atoms with E-state index in [9.17, 15) is 13.6 Å². The standard InChI is InChI=1S/C23H25F3N6OS/c1-30-11-14(10-27-30)16-8-19(24)20(9-17(16)22(25)26)28-23-18-12-31(13-33)5-2-21(18)32(29-23)15-3-6-34-7-4-15/h8-11,13,15,22H,2-7,12H2,1H3,(H,28,29). The predicted octanol–water partition coefficient (Wildman–Crippen LogP) is 4.69. The number of hydrogen-bond acceptors (Lipinski definition) is 5. The maximum absolute atomic E-state index is 15.2. The average molecular weight is 491 g/mol. The van der Waals surface area contributed by atoms with Gasteiger partial charge >= 0.3 is 0 Å². The third-order valence-electron chi connectivity index (χ3n) is 6.44. The number of halogens is 3. The summed E-state index contributed by atoms with van der Waals surface area (Å²) in [6, 6.07) is 2.49. The van der Waals surface area contributed by atoms with Gasteiger partial charge in [-0.05, 0) is 42.0 Å². The molecule has 1 amide bonds. The second-order valence-corrected chi connectivity index (χ2v) is 9.86. The maximum atomic E-state index is 15.2. The molecule has 180 valence electrons. The summed E-state index contributed by atoms with van der Waals surface area (Å²) in [5.41, 5.74) is 2.00. The van der Waals surface area contributed by atoms with Gasteiger partial charge in [-0.25, -0.2) is 13.2 Å². The minimum Gasteiger partial charge on any atom is -0.340 e. The van der Waals surface area contributed by atoms with Crippen LogP contribution < -0.4 is 5.32 Å². The van der Waals surface area contributed by atoms with Gasteiger partial charge in [0.15, 0.2) is 5.82 Å². The van der Waals surface area contributed by atoms with Gasteiger partial charge in [0.1, 0.15) is 5.82 Å². The topological polar surface area (TPSA) is 68.0 Å². The number of rotatable bonds is 6. The van der Waals surface area contributed by atoms with E-state index >= 15 is 4.39 Å². The lowest BCUT2D eigenvalue weighted by atomic mass is 10.0. The molecule has 5 rings (SSSR count). The van der Waals surface area contributed by atoms with Crippen LogP contribution in [0.25, 0.3) is 11.1 Å². The van der Waals surface area contributed by atoms with Crippen molar-refractivity contribution in [1.29, 1.82) is 0 Å². The summed E-state index contributed by atoms with van der Waals surface area (Å²) in [6.07, 6.45) is 3.62. The van der Waals surface area contributed by atoms with Crippen LogP contribution in [0.15, 0.2) is 24.5 Å². The number of hydrogen-bond donors (Lipinski definition) is 1. The summed E-state index contributed by atoms with van der Waals surface area (Å²) in [7, 11) is 1.67.